The van der Waals surface area contributed by atoms with Gasteiger partial charge in [-0.25, -0.2) is 0 Å². The van der Waals surface area contributed by atoms with Crippen molar-refractivity contribution in [3.05, 3.63) is 80.9 Å². The van der Waals surface area contributed by atoms with E-state index in [1.165, 1.54) is 6.07 Å². The Balaban J connectivity index is 1.89. The van der Waals surface area contributed by atoms with Gasteiger partial charge in [0.2, 0.25) is 0 Å². The van der Waals surface area contributed by atoms with Gasteiger partial charge in [-0.1, -0.05) is 24.3 Å². The van der Waals surface area contributed by atoms with Gasteiger partial charge in [0.05, 0.1) is 10.5 Å². The van der Waals surface area contributed by atoms with Gasteiger partial charge in [0.1, 0.15) is 0 Å². The summed E-state index contributed by atoms with van der Waals surface area (Å²) in [7, 11) is 3.97. The maximum Gasteiger partial charge on any atom is 0.276 e. The monoisotopic (exact) mass is 362 g/mol. The number of hydrogen-bond acceptors (Lipinski definition) is 4. The number of hydrogen-bond donors (Lipinski definition) is 0. The lowest BCUT2D eigenvalue weighted by molar-refractivity contribution is -0.385. The molecule has 0 aliphatic heterocycles. The van der Waals surface area contributed by atoms with Crippen LogP contribution in [0.5, 0.6) is 0 Å². The Morgan fingerprint density at radius 2 is 1.59 bits per heavy atom. The van der Waals surface area contributed by atoms with Gasteiger partial charge in [0.25, 0.3) is 5.69 Å². The Labute approximate surface area is 158 Å². The van der Waals surface area contributed by atoms with E-state index in [0.717, 1.165) is 29.7 Å². The zero-order valence-electron chi connectivity index (χ0n) is 15.5. The summed E-state index contributed by atoms with van der Waals surface area (Å²) in [5.74, 6) is -0.0175. The number of carbonyl (C=O) groups is 1. The van der Waals surface area contributed by atoms with Crippen molar-refractivity contribution >= 4 is 29.3 Å². The van der Waals surface area contributed by atoms with Crippen molar-refractivity contribution in [3.63, 3.8) is 0 Å². The molecular formula is C22H22N2O3. The van der Waals surface area contributed by atoms with Crippen LogP contribution in [0.4, 0.5) is 11.4 Å². The van der Waals surface area contributed by atoms with E-state index in [4.69, 9.17) is 0 Å². The summed E-state index contributed by atoms with van der Waals surface area (Å²) in [5.41, 5.74) is 3.96. The predicted octanol–water partition coefficient (Wildman–Crippen LogP) is 4.88. The summed E-state index contributed by atoms with van der Waals surface area (Å²) < 4.78 is 0. The Bertz CT molecular complexity index is 925. The number of ketones is 1. The maximum atomic E-state index is 12.9. The van der Waals surface area contributed by atoms with Crippen molar-refractivity contribution in [3.8, 4) is 0 Å². The summed E-state index contributed by atoms with van der Waals surface area (Å²) in [6.07, 6.45) is 5.82. The minimum Gasteiger partial charge on any atom is -0.378 e. The molecule has 2 aromatic rings. The molecular weight excluding hydrogens is 340 g/mol. The first-order chi connectivity index (χ1) is 13.0. The second-order valence-electron chi connectivity index (χ2n) is 6.82. The Morgan fingerprint density at radius 3 is 2.22 bits per heavy atom. The fourth-order valence-electron chi connectivity index (χ4n) is 3.21. The van der Waals surface area contributed by atoms with E-state index in [1.807, 2.05) is 49.3 Å². The Hall–Kier alpha value is -3.21. The van der Waals surface area contributed by atoms with Crippen LogP contribution in [-0.2, 0) is 4.79 Å². The number of benzene rings is 2. The van der Waals surface area contributed by atoms with E-state index < -0.39 is 4.92 Å². The lowest BCUT2D eigenvalue weighted by atomic mass is 9.86. The summed E-state index contributed by atoms with van der Waals surface area (Å²) in [6.45, 7) is 0. The van der Waals surface area contributed by atoms with Crippen LogP contribution in [0.1, 0.15) is 30.4 Å². The highest BCUT2D eigenvalue weighted by atomic mass is 16.6. The number of nitro benzene ring substituents is 1. The quantitative estimate of drug-likeness (QED) is 0.442. The van der Waals surface area contributed by atoms with Crippen LogP contribution in [0.15, 0.2) is 59.7 Å². The zero-order chi connectivity index (χ0) is 19.4. The van der Waals surface area contributed by atoms with E-state index in [0.29, 0.717) is 17.6 Å². The average Bonchev–Trinajstić information content (AvgIpc) is 2.65. The third-order valence-electron chi connectivity index (χ3n) is 4.69. The van der Waals surface area contributed by atoms with Gasteiger partial charge >= 0.3 is 0 Å². The third-order valence-corrected chi connectivity index (χ3v) is 4.69. The van der Waals surface area contributed by atoms with Gasteiger partial charge in [0, 0.05) is 37.0 Å². The summed E-state index contributed by atoms with van der Waals surface area (Å²) in [4.78, 5) is 25.7. The molecule has 27 heavy (non-hydrogen) atoms. The SMILES string of the molecule is CN(C)c1ccc(/C=C2\CCC/C(=C\c3ccccc3[N+](=O)[O-])C2=O)cc1. The molecule has 0 atom stereocenters. The molecule has 1 aliphatic carbocycles. The van der Waals surface area contributed by atoms with Crippen molar-refractivity contribution in [1.29, 1.82) is 0 Å². The normalized spacial score (nSPS) is 17.3. The van der Waals surface area contributed by atoms with Crippen LogP contribution in [0.25, 0.3) is 12.2 Å². The molecule has 0 unspecified atom stereocenters. The zero-order valence-corrected chi connectivity index (χ0v) is 15.5. The van der Waals surface area contributed by atoms with Crippen molar-refractivity contribution < 1.29 is 9.72 Å². The number of allylic oxidation sites excluding steroid dienone is 2. The lowest BCUT2D eigenvalue weighted by Crippen LogP contribution is -2.12. The number of carbonyl (C=O) groups excluding carboxylic acids is 1. The molecule has 5 nitrogen and oxygen atoms in total. The molecule has 1 aliphatic rings. The van der Waals surface area contributed by atoms with Crippen molar-refractivity contribution in [1.82, 2.24) is 0 Å². The molecule has 0 radical (unpaired) electrons. The van der Waals surface area contributed by atoms with Crippen molar-refractivity contribution in [2.24, 2.45) is 0 Å². The van der Waals surface area contributed by atoms with E-state index in [9.17, 15) is 14.9 Å². The minimum atomic E-state index is -0.414. The fraction of sp³-hybridized carbons (Fsp3) is 0.227. The van der Waals surface area contributed by atoms with E-state index >= 15 is 0 Å². The van der Waals surface area contributed by atoms with E-state index in [-0.39, 0.29) is 11.5 Å². The number of anilines is 1. The molecule has 0 amide bonds. The molecule has 0 spiro atoms. The molecule has 138 valence electrons. The molecule has 0 N–H and O–H groups in total. The van der Waals surface area contributed by atoms with Gasteiger partial charge in [-0.3, -0.25) is 14.9 Å². The average molecular weight is 362 g/mol. The van der Waals surface area contributed by atoms with Crippen LogP contribution >= 0.6 is 0 Å². The van der Waals surface area contributed by atoms with Gasteiger partial charge in [-0.15, -0.1) is 0 Å². The summed E-state index contributed by atoms with van der Waals surface area (Å²) >= 11 is 0. The van der Waals surface area contributed by atoms with Crippen LogP contribution in [0.3, 0.4) is 0 Å². The summed E-state index contributed by atoms with van der Waals surface area (Å²) in [6, 6.07) is 14.5. The van der Waals surface area contributed by atoms with Crippen LogP contribution in [0, 0.1) is 10.1 Å². The van der Waals surface area contributed by atoms with Gasteiger partial charge < -0.3 is 4.90 Å². The minimum absolute atomic E-state index is 0.0175. The maximum absolute atomic E-state index is 12.9. The molecule has 0 bridgehead atoms. The first kappa shape index (κ1) is 18.6. The molecule has 0 saturated heterocycles. The smallest absolute Gasteiger partial charge is 0.276 e. The van der Waals surface area contributed by atoms with Crippen molar-refractivity contribution in [2.45, 2.75) is 19.3 Å². The van der Waals surface area contributed by atoms with E-state index in [1.54, 1.807) is 24.3 Å². The molecule has 1 saturated carbocycles. The van der Waals surface area contributed by atoms with Gasteiger partial charge in [-0.2, -0.15) is 0 Å². The molecule has 0 aromatic heterocycles. The number of para-hydroxylation sites is 1. The predicted molar refractivity (Wildman–Crippen MR) is 109 cm³/mol. The number of nitrogens with zero attached hydrogens (tertiary/aromatic N) is 2. The van der Waals surface area contributed by atoms with Gasteiger partial charge in [0.15, 0.2) is 5.78 Å². The van der Waals surface area contributed by atoms with E-state index in [2.05, 4.69) is 0 Å². The van der Waals surface area contributed by atoms with Gasteiger partial charge in [-0.05, 0) is 55.2 Å². The highest BCUT2D eigenvalue weighted by Gasteiger charge is 2.22. The highest BCUT2D eigenvalue weighted by molar-refractivity contribution is 6.14. The number of rotatable bonds is 4. The fourth-order valence-corrected chi connectivity index (χ4v) is 3.21. The molecule has 0 heterocycles. The first-order valence-electron chi connectivity index (χ1n) is 8.92. The number of Topliss-reactive ketones (excluding diaryl/α,β-unsaturated/α-hetero) is 1. The number of nitro groups is 1. The largest absolute Gasteiger partial charge is 0.378 e. The Kier molecular flexibility index (Phi) is 5.50. The molecule has 5 heteroatoms. The third kappa shape index (κ3) is 4.31. The van der Waals surface area contributed by atoms with Crippen LogP contribution in [0.2, 0.25) is 0 Å². The van der Waals surface area contributed by atoms with Crippen molar-refractivity contribution in [2.75, 3.05) is 19.0 Å². The Morgan fingerprint density at radius 1 is 0.963 bits per heavy atom. The second kappa shape index (κ2) is 7.99. The topological polar surface area (TPSA) is 63.4 Å². The molecule has 3 rings (SSSR count). The lowest BCUT2D eigenvalue weighted by Gasteiger charge is -2.17. The van der Waals surface area contributed by atoms with Crippen LogP contribution < -0.4 is 4.90 Å². The second-order valence-corrected chi connectivity index (χ2v) is 6.82. The highest BCUT2D eigenvalue weighted by Crippen LogP contribution is 2.30. The molecule has 2 aromatic carbocycles. The first-order valence-corrected chi connectivity index (χ1v) is 8.92. The standard InChI is InChI=1S/C22H22N2O3/c1-23(2)20-12-10-16(11-13-20)14-18-7-5-8-19(22(18)25)15-17-6-3-4-9-21(17)24(26)27/h3-4,6,9-15H,5,7-8H2,1-2H3/b18-14+,19-15+. The van der Waals surface area contributed by atoms with Crippen LogP contribution in [-0.4, -0.2) is 24.8 Å². The summed E-state index contributed by atoms with van der Waals surface area (Å²) in [5, 5.41) is 11.2. The molecule has 1 fully saturated rings.